The Hall–Kier alpha value is -1.30. The van der Waals surface area contributed by atoms with Crippen LogP contribution in [0.3, 0.4) is 0 Å². The molecule has 0 saturated heterocycles. The van der Waals surface area contributed by atoms with Crippen molar-refractivity contribution in [1.82, 2.24) is 4.90 Å². The quantitative estimate of drug-likeness (QED) is 0.266. The Morgan fingerprint density at radius 3 is 2.71 bits per heavy atom. The van der Waals surface area contributed by atoms with Crippen LogP contribution in [0.4, 0.5) is 0 Å². The number of rotatable bonds is 6. The predicted molar refractivity (Wildman–Crippen MR) is 52.2 cm³/mol. The summed E-state index contributed by atoms with van der Waals surface area (Å²) in [6.45, 7) is 2.66. The van der Waals surface area contributed by atoms with Gasteiger partial charge in [0, 0.05) is 13.7 Å². The maximum absolute atomic E-state index is 11.4. The van der Waals surface area contributed by atoms with E-state index in [-0.39, 0.29) is 24.9 Å². The number of carbonyl (C=O) groups is 1. The second kappa shape index (κ2) is 7.14. The minimum atomic E-state index is -0.166. The zero-order valence-electron chi connectivity index (χ0n) is 8.56. The van der Waals surface area contributed by atoms with Crippen molar-refractivity contribution in [2.24, 2.45) is 10.9 Å². The molecule has 0 fully saturated rings. The Morgan fingerprint density at radius 1 is 1.64 bits per heavy atom. The minimum Gasteiger partial charge on any atom is -0.409 e. The molecular formula is C8H17N3O3. The number of hydrogen-bond acceptors (Lipinski definition) is 4. The van der Waals surface area contributed by atoms with Gasteiger partial charge in [-0.15, -0.1) is 0 Å². The summed E-state index contributed by atoms with van der Waals surface area (Å²) in [6.07, 6.45) is 0.814. The highest BCUT2D eigenvalue weighted by atomic mass is 16.5. The summed E-state index contributed by atoms with van der Waals surface area (Å²) < 4.78 is 4.71. The van der Waals surface area contributed by atoms with Gasteiger partial charge in [-0.05, 0) is 6.42 Å². The first kappa shape index (κ1) is 12.7. The topological polar surface area (TPSA) is 88.1 Å². The number of nitrogens with two attached hydrogens (primary N) is 1. The molecule has 6 nitrogen and oxygen atoms in total. The molecule has 0 rings (SSSR count). The van der Waals surface area contributed by atoms with Crippen LogP contribution >= 0.6 is 0 Å². The summed E-state index contributed by atoms with van der Waals surface area (Å²) in [6, 6.07) is 0. The lowest BCUT2D eigenvalue weighted by Gasteiger charge is -2.20. The molecule has 0 aromatic carbocycles. The van der Waals surface area contributed by atoms with Crippen LogP contribution < -0.4 is 5.73 Å². The fraction of sp³-hybridized carbons (Fsp3) is 0.750. The number of amides is 1. The van der Waals surface area contributed by atoms with Crippen LogP contribution in [0.15, 0.2) is 5.16 Å². The van der Waals surface area contributed by atoms with Crippen molar-refractivity contribution in [1.29, 1.82) is 0 Å². The molecule has 82 valence electrons. The highest BCUT2D eigenvalue weighted by Crippen LogP contribution is 1.93. The summed E-state index contributed by atoms with van der Waals surface area (Å²) in [7, 11) is 1.45. The number of amidine groups is 1. The summed E-state index contributed by atoms with van der Waals surface area (Å²) in [4.78, 5) is 12.9. The van der Waals surface area contributed by atoms with Gasteiger partial charge in [-0.2, -0.15) is 0 Å². The molecule has 0 aromatic heterocycles. The van der Waals surface area contributed by atoms with Crippen LogP contribution in [0.2, 0.25) is 0 Å². The number of carbonyl (C=O) groups excluding carboxylic acids is 1. The van der Waals surface area contributed by atoms with E-state index >= 15 is 0 Å². The molecule has 0 atom stereocenters. The molecule has 0 spiro atoms. The van der Waals surface area contributed by atoms with Gasteiger partial charge in [-0.3, -0.25) is 4.79 Å². The maximum Gasteiger partial charge on any atom is 0.248 e. The second-order valence-corrected chi connectivity index (χ2v) is 2.84. The second-order valence-electron chi connectivity index (χ2n) is 2.84. The Balaban J connectivity index is 4.20. The van der Waals surface area contributed by atoms with Crippen molar-refractivity contribution in [2.75, 3.05) is 26.8 Å². The van der Waals surface area contributed by atoms with Crippen molar-refractivity contribution in [3.05, 3.63) is 0 Å². The molecule has 0 radical (unpaired) electrons. The summed E-state index contributed by atoms with van der Waals surface area (Å²) >= 11 is 0. The van der Waals surface area contributed by atoms with Crippen molar-refractivity contribution in [2.45, 2.75) is 13.3 Å². The molecule has 0 aliphatic carbocycles. The molecule has 3 N–H and O–H groups in total. The SMILES string of the molecule is CCCN(CC(N)=NO)C(=O)COC. The van der Waals surface area contributed by atoms with Gasteiger partial charge in [0.05, 0.1) is 6.54 Å². The zero-order chi connectivity index (χ0) is 11.0. The lowest BCUT2D eigenvalue weighted by atomic mass is 10.3. The van der Waals surface area contributed by atoms with Crippen LogP contribution in [0.25, 0.3) is 0 Å². The van der Waals surface area contributed by atoms with Crippen LogP contribution in [0.1, 0.15) is 13.3 Å². The highest BCUT2D eigenvalue weighted by molar-refractivity contribution is 5.87. The molecule has 0 saturated carbocycles. The first-order valence-electron chi connectivity index (χ1n) is 4.38. The monoisotopic (exact) mass is 203 g/mol. The van der Waals surface area contributed by atoms with E-state index in [1.54, 1.807) is 0 Å². The van der Waals surface area contributed by atoms with E-state index in [0.717, 1.165) is 6.42 Å². The minimum absolute atomic E-state index is 0.0126. The Morgan fingerprint density at radius 2 is 2.29 bits per heavy atom. The number of ether oxygens (including phenoxy) is 1. The van der Waals surface area contributed by atoms with E-state index < -0.39 is 0 Å². The van der Waals surface area contributed by atoms with E-state index in [1.165, 1.54) is 12.0 Å². The van der Waals surface area contributed by atoms with E-state index in [0.29, 0.717) is 6.54 Å². The first-order chi connectivity index (χ1) is 6.65. The van der Waals surface area contributed by atoms with Crippen LogP contribution in [0, 0.1) is 0 Å². The molecule has 0 bridgehead atoms. The standard InChI is InChI=1S/C8H17N3O3/c1-3-4-11(5-7(9)10-13)8(12)6-14-2/h13H,3-6H2,1-2H3,(H2,9,10). The normalized spacial score (nSPS) is 11.4. The molecule has 14 heavy (non-hydrogen) atoms. The Kier molecular flexibility index (Phi) is 6.47. The number of hydrogen-bond donors (Lipinski definition) is 2. The van der Waals surface area contributed by atoms with Crippen LogP contribution in [0.5, 0.6) is 0 Å². The molecule has 0 unspecified atom stereocenters. The Bertz CT molecular complexity index is 206. The fourth-order valence-electron chi connectivity index (χ4n) is 1.00. The molecule has 0 heterocycles. The molecule has 0 aliphatic heterocycles. The van der Waals surface area contributed by atoms with Gasteiger partial charge < -0.3 is 20.6 Å². The van der Waals surface area contributed by atoms with E-state index in [4.69, 9.17) is 15.7 Å². The van der Waals surface area contributed by atoms with Crippen LogP contribution in [-0.2, 0) is 9.53 Å². The maximum atomic E-state index is 11.4. The summed E-state index contributed by atoms with van der Waals surface area (Å²) in [5.41, 5.74) is 5.30. The molecular weight excluding hydrogens is 186 g/mol. The van der Waals surface area contributed by atoms with Gasteiger partial charge in [-0.25, -0.2) is 0 Å². The van der Waals surface area contributed by atoms with E-state index in [2.05, 4.69) is 5.16 Å². The van der Waals surface area contributed by atoms with E-state index in [1.807, 2.05) is 6.92 Å². The van der Waals surface area contributed by atoms with Gasteiger partial charge in [-0.1, -0.05) is 12.1 Å². The van der Waals surface area contributed by atoms with Crippen LogP contribution in [-0.4, -0.2) is 48.7 Å². The summed E-state index contributed by atoms with van der Waals surface area (Å²) in [5, 5.41) is 11.2. The zero-order valence-corrected chi connectivity index (χ0v) is 8.56. The van der Waals surface area contributed by atoms with Crippen molar-refractivity contribution in [3.8, 4) is 0 Å². The first-order valence-corrected chi connectivity index (χ1v) is 4.38. The van der Waals surface area contributed by atoms with Crippen molar-refractivity contribution < 1.29 is 14.7 Å². The largest absolute Gasteiger partial charge is 0.409 e. The molecule has 1 amide bonds. The van der Waals surface area contributed by atoms with Crippen molar-refractivity contribution >= 4 is 11.7 Å². The van der Waals surface area contributed by atoms with Crippen molar-refractivity contribution in [3.63, 3.8) is 0 Å². The molecule has 6 heteroatoms. The third-order valence-electron chi connectivity index (χ3n) is 1.60. The number of oxime groups is 1. The number of methoxy groups -OCH3 is 1. The predicted octanol–water partition coefficient (Wildman–Crippen LogP) is -0.382. The third-order valence-corrected chi connectivity index (χ3v) is 1.60. The molecule has 0 aliphatic rings. The van der Waals surface area contributed by atoms with Gasteiger partial charge in [0.1, 0.15) is 6.61 Å². The number of nitrogens with zero attached hydrogens (tertiary/aromatic N) is 2. The average molecular weight is 203 g/mol. The smallest absolute Gasteiger partial charge is 0.248 e. The fourth-order valence-corrected chi connectivity index (χ4v) is 1.00. The van der Waals surface area contributed by atoms with Gasteiger partial charge in [0.25, 0.3) is 0 Å². The van der Waals surface area contributed by atoms with Gasteiger partial charge >= 0.3 is 0 Å². The summed E-state index contributed by atoms with van der Waals surface area (Å²) in [5.74, 6) is -0.149. The lowest BCUT2D eigenvalue weighted by Crippen LogP contribution is -2.40. The van der Waals surface area contributed by atoms with E-state index in [9.17, 15) is 4.79 Å². The Labute approximate surface area is 83.3 Å². The average Bonchev–Trinajstić information content (AvgIpc) is 2.17. The lowest BCUT2D eigenvalue weighted by molar-refractivity contribution is -0.134. The molecule has 0 aromatic rings. The highest BCUT2D eigenvalue weighted by Gasteiger charge is 2.13. The van der Waals surface area contributed by atoms with Gasteiger partial charge in [0.15, 0.2) is 5.84 Å². The third kappa shape index (κ3) is 4.66. The van der Waals surface area contributed by atoms with Gasteiger partial charge in [0.2, 0.25) is 5.91 Å².